The third kappa shape index (κ3) is 7.22. The number of rotatable bonds is 12. The topological polar surface area (TPSA) is 137 Å². The molecule has 0 saturated carbocycles. The van der Waals surface area contributed by atoms with Crippen LogP contribution in [0.5, 0.6) is 5.75 Å². The summed E-state index contributed by atoms with van der Waals surface area (Å²) < 4.78 is 21.9. The van der Waals surface area contributed by atoms with Crippen LogP contribution in [0, 0.1) is 12.8 Å². The van der Waals surface area contributed by atoms with Crippen molar-refractivity contribution in [2.24, 2.45) is 5.92 Å². The van der Waals surface area contributed by atoms with E-state index in [0.717, 1.165) is 47.1 Å². The first-order chi connectivity index (χ1) is 18.6. The van der Waals surface area contributed by atoms with E-state index >= 15 is 0 Å². The van der Waals surface area contributed by atoms with Gasteiger partial charge in [-0.2, -0.15) is 0 Å². The van der Waals surface area contributed by atoms with Crippen LogP contribution in [-0.4, -0.2) is 35.9 Å². The number of hydrogen-bond acceptors (Lipinski definition) is 8. The van der Waals surface area contributed by atoms with E-state index in [1.54, 1.807) is 18.2 Å². The lowest BCUT2D eigenvalue weighted by atomic mass is 9.89. The first-order valence-electron chi connectivity index (χ1n) is 12.9. The molecule has 2 N–H and O–H groups in total. The molecular weight excluding hydrogens is 519 g/mol. The highest BCUT2D eigenvalue weighted by molar-refractivity contribution is 7.50. The van der Waals surface area contributed by atoms with Crippen LogP contribution in [0.1, 0.15) is 48.0 Å². The molecule has 0 spiro atoms. The second-order valence-corrected chi connectivity index (χ2v) is 11.8. The average molecular weight is 552 g/mol. The first-order valence-corrected chi connectivity index (χ1v) is 14.9. The van der Waals surface area contributed by atoms with Crippen molar-refractivity contribution in [3.8, 4) is 28.2 Å². The van der Waals surface area contributed by atoms with Crippen LogP contribution >= 0.6 is 7.60 Å². The third-order valence-corrected chi connectivity index (χ3v) is 7.44. The number of phenolic OH excluding ortho intramolecular Hbond substituents is 1. The van der Waals surface area contributed by atoms with Gasteiger partial charge in [0.25, 0.3) is 0 Å². The van der Waals surface area contributed by atoms with Crippen molar-refractivity contribution in [3.63, 3.8) is 0 Å². The predicted molar refractivity (Wildman–Crippen MR) is 148 cm³/mol. The van der Waals surface area contributed by atoms with Gasteiger partial charge in [-0.15, -0.1) is 0 Å². The lowest BCUT2D eigenvalue weighted by molar-refractivity contribution is -0.197. The minimum absolute atomic E-state index is 0.00489. The van der Waals surface area contributed by atoms with Gasteiger partial charge in [-0.25, -0.2) is 0 Å². The highest BCUT2D eigenvalue weighted by atomic mass is 31.2. The molecule has 2 aromatic carbocycles. The van der Waals surface area contributed by atoms with E-state index in [9.17, 15) is 29.3 Å². The Bertz CT molecular complexity index is 1550. The molecule has 9 heteroatoms. The Labute approximate surface area is 226 Å². The van der Waals surface area contributed by atoms with E-state index < -0.39 is 7.60 Å². The second kappa shape index (κ2) is 12.3. The molecule has 2 atom stereocenters. The Hall–Kier alpha value is -3.29. The Morgan fingerprint density at radius 1 is 1.05 bits per heavy atom. The molecule has 1 heterocycles. The molecule has 2 aliphatic rings. The highest BCUT2D eigenvalue weighted by Gasteiger charge is 2.20. The van der Waals surface area contributed by atoms with Crippen LogP contribution in [0.2, 0.25) is 0 Å². The molecule has 0 fully saturated rings. The van der Waals surface area contributed by atoms with Crippen LogP contribution in [0.4, 0.5) is 0 Å². The minimum atomic E-state index is -3.82. The Kier molecular flexibility index (Phi) is 9.03. The molecule has 4 rings (SSSR count). The number of phenols is 1. The SMILES string of the molecule is Cc1ccc(C(=O)CCCCCC(CO)COP(C)(=O)[O-])cc1-c1c2ccc(=O)cc-2oc2cc(O)ccc12. The lowest BCUT2D eigenvalue weighted by Crippen LogP contribution is -2.15. The van der Waals surface area contributed by atoms with Gasteiger partial charge in [0.05, 0.1) is 6.61 Å². The number of aliphatic hydroxyl groups excluding tert-OH is 1. The molecule has 0 bridgehead atoms. The van der Waals surface area contributed by atoms with Crippen molar-refractivity contribution >= 4 is 24.3 Å². The van der Waals surface area contributed by atoms with Gasteiger partial charge in [0.1, 0.15) is 24.7 Å². The van der Waals surface area contributed by atoms with Crippen molar-refractivity contribution in [1.82, 2.24) is 0 Å². The number of unbranched alkanes of at least 4 members (excludes halogenated alkanes) is 2. The van der Waals surface area contributed by atoms with Crippen LogP contribution in [0.15, 0.2) is 63.8 Å². The zero-order chi connectivity index (χ0) is 28.2. The summed E-state index contributed by atoms with van der Waals surface area (Å²) in [5, 5.41) is 20.2. The Balaban J connectivity index is 1.51. The number of aryl methyl sites for hydroxylation is 1. The maximum Gasteiger partial charge on any atom is 0.182 e. The average Bonchev–Trinajstić information content (AvgIpc) is 2.88. The number of ketones is 1. The number of hydrogen-bond donors (Lipinski definition) is 2. The van der Waals surface area contributed by atoms with Crippen molar-refractivity contribution in [3.05, 3.63) is 75.9 Å². The molecule has 2 aromatic rings. The molecule has 39 heavy (non-hydrogen) atoms. The molecule has 0 radical (unpaired) electrons. The quantitative estimate of drug-likeness (QED) is 0.102. The summed E-state index contributed by atoms with van der Waals surface area (Å²) in [5.41, 5.74) is 4.17. The molecule has 8 nitrogen and oxygen atoms in total. The molecule has 1 aliphatic heterocycles. The van der Waals surface area contributed by atoms with Gasteiger partial charge < -0.3 is 28.6 Å². The fraction of sp³-hybridized carbons (Fsp3) is 0.333. The van der Waals surface area contributed by atoms with Gasteiger partial charge in [-0.3, -0.25) is 9.59 Å². The van der Waals surface area contributed by atoms with Crippen LogP contribution < -0.4 is 10.3 Å². The van der Waals surface area contributed by atoms with Gasteiger partial charge in [-0.05, 0) is 61.2 Å². The number of carbonyl (C=O) groups is 1. The molecule has 206 valence electrons. The number of aliphatic hydroxyl groups is 1. The van der Waals surface area contributed by atoms with Gasteiger partial charge in [-0.1, -0.05) is 25.0 Å². The van der Waals surface area contributed by atoms with Gasteiger partial charge >= 0.3 is 0 Å². The number of aromatic hydroxyl groups is 1. The fourth-order valence-corrected chi connectivity index (χ4v) is 5.20. The summed E-state index contributed by atoms with van der Waals surface area (Å²) >= 11 is 0. The van der Waals surface area contributed by atoms with E-state index in [2.05, 4.69) is 0 Å². The summed E-state index contributed by atoms with van der Waals surface area (Å²) in [6, 6.07) is 15.1. The highest BCUT2D eigenvalue weighted by Crippen LogP contribution is 2.42. The van der Waals surface area contributed by atoms with Crippen molar-refractivity contribution < 1.29 is 33.4 Å². The molecule has 2 unspecified atom stereocenters. The van der Waals surface area contributed by atoms with E-state index in [0.29, 0.717) is 36.2 Å². The third-order valence-electron chi connectivity index (χ3n) is 6.82. The number of fused-ring (bicyclic) bond motifs is 2. The number of benzene rings is 3. The van der Waals surface area contributed by atoms with E-state index in [-0.39, 0.29) is 36.1 Å². The normalized spacial score (nSPS) is 13.9. The molecule has 0 saturated heterocycles. The summed E-state index contributed by atoms with van der Waals surface area (Å²) in [4.78, 5) is 36.3. The number of carbonyl (C=O) groups excluding carboxylic acids is 1. The summed E-state index contributed by atoms with van der Waals surface area (Å²) in [7, 11) is -3.82. The smallest absolute Gasteiger partial charge is 0.182 e. The van der Waals surface area contributed by atoms with Gasteiger partial charge in [0.2, 0.25) is 0 Å². The van der Waals surface area contributed by atoms with Gasteiger partial charge in [0, 0.05) is 59.8 Å². The van der Waals surface area contributed by atoms with E-state index in [4.69, 9.17) is 8.94 Å². The maximum atomic E-state index is 13.1. The van der Waals surface area contributed by atoms with Crippen LogP contribution in [-0.2, 0) is 9.09 Å². The van der Waals surface area contributed by atoms with E-state index in [1.807, 2.05) is 25.1 Å². The maximum absolute atomic E-state index is 13.1. The summed E-state index contributed by atoms with van der Waals surface area (Å²) in [5.74, 6) is 0.189. The van der Waals surface area contributed by atoms with E-state index in [1.165, 1.54) is 18.2 Å². The van der Waals surface area contributed by atoms with Crippen LogP contribution in [0.25, 0.3) is 33.4 Å². The van der Waals surface area contributed by atoms with Gasteiger partial charge in [0.15, 0.2) is 11.2 Å². The Morgan fingerprint density at radius 3 is 2.59 bits per heavy atom. The molecular formula is C30H32O8P-. The molecule has 1 aliphatic carbocycles. The fourth-order valence-electron chi connectivity index (χ4n) is 4.72. The van der Waals surface area contributed by atoms with Crippen molar-refractivity contribution in [2.75, 3.05) is 19.9 Å². The predicted octanol–water partition coefficient (Wildman–Crippen LogP) is 5.52. The molecule has 0 aromatic heterocycles. The van der Waals surface area contributed by atoms with Crippen molar-refractivity contribution in [1.29, 1.82) is 0 Å². The Morgan fingerprint density at radius 2 is 1.85 bits per heavy atom. The number of Topliss-reactive ketones (excluding diaryl/α,β-unsaturated/α-hetero) is 1. The zero-order valence-electron chi connectivity index (χ0n) is 22.0. The zero-order valence-corrected chi connectivity index (χ0v) is 22.9. The molecule has 0 amide bonds. The standard InChI is InChI=1S/C30H33O8P/c1-19-8-9-21(27(34)7-5-3-4-6-20(17-31)18-37-39(2,35)36)14-26(19)30-24-12-10-22(32)15-28(24)38-29-16-23(33)11-13-25(29)30/h8-16,20,31-32H,3-7,17-18H2,1-2H3,(H,35,36)/p-1. The largest absolute Gasteiger partial charge is 0.779 e. The summed E-state index contributed by atoms with van der Waals surface area (Å²) in [6.45, 7) is 2.77. The van der Waals surface area contributed by atoms with Crippen molar-refractivity contribution in [2.45, 2.75) is 39.0 Å². The lowest BCUT2D eigenvalue weighted by Gasteiger charge is -2.21. The minimum Gasteiger partial charge on any atom is -0.779 e. The first kappa shape index (κ1) is 28.7. The van der Waals surface area contributed by atoms with Crippen LogP contribution in [0.3, 0.4) is 0 Å². The second-order valence-electron chi connectivity index (χ2n) is 9.98. The monoisotopic (exact) mass is 551 g/mol. The summed E-state index contributed by atoms with van der Waals surface area (Å²) in [6.07, 6.45) is 3.13.